The van der Waals surface area contributed by atoms with Crippen molar-refractivity contribution in [3.63, 3.8) is 0 Å². The van der Waals surface area contributed by atoms with E-state index < -0.39 is 0 Å². The molecule has 1 saturated heterocycles. The summed E-state index contributed by atoms with van der Waals surface area (Å²) in [7, 11) is 0. The molecule has 2 atom stereocenters. The average Bonchev–Trinajstić information content (AvgIpc) is 3.35. The van der Waals surface area contributed by atoms with Gasteiger partial charge in [-0.25, -0.2) is 9.97 Å². The molecule has 2 fully saturated rings. The number of hydrogen-bond donors (Lipinski definition) is 3. The molecule has 0 spiro atoms. The number of nitrogens with zero attached hydrogens (tertiary/aromatic N) is 5. The van der Waals surface area contributed by atoms with E-state index in [1.165, 1.54) is 0 Å². The van der Waals surface area contributed by atoms with Crippen LogP contribution in [0.3, 0.4) is 0 Å². The van der Waals surface area contributed by atoms with Gasteiger partial charge < -0.3 is 25.4 Å². The van der Waals surface area contributed by atoms with Crippen LogP contribution in [0.15, 0.2) is 42.7 Å². The first-order chi connectivity index (χ1) is 15.2. The number of pyridine rings is 1. The van der Waals surface area contributed by atoms with Gasteiger partial charge in [-0.3, -0.25) is 4.79 Å². The molecule has 0 bridgehead atoms. The van der Waals surface area contributed by atoms with Gasteiger partial charge in [-0.2, -0.15) is 4.98 Å². The van der Waals surface area contributed by atoms with E-state index in [4.69, 9.17) is 4.98 Å². The summed E-state index contributed by atoms with van der Waals surface area (Å²) in [6, 6.07) is 5.99. The minimum absolute atomic E-state index is 0.0457. The van der Waals surface area contributed by atoms with E-state index in [0.717, 1.165) is 61.3 Å². The molecular weight excluding hydrogens is 392 g/mol. The number of hydrogen-bond acceptors (Lipinski definition) is 7. The van der Waals surface area contributed by atoms with E-state index in [-0.39, 0.29) is 18.0 Å². The quantitative estimate of drug-likeness (QED) is 0.562. The first-order valence-corrected chi connectivity index (χ1v) is 10.7. The molecular formula is C22H24N8O. The fraction of sp³-hybridized carbons (Fsp3) is 0.364. The highest BCUT2D eigenvalue weighted by atomic mass is 16.2. The van der Waals surface area contributed by atoms with Gasteiger partial charge in [0.15, 0.2) is 0 Å². The third kappa shape index (κ3) is 3.04. The maximum Gasteiger partial charge on any atom is 0.268 e. The van der Waals surface area contributed by atoms with Crippen molar-refractivity contribution in [1.29, 1.82) is 0 Å². The molecule has 9 heteroatoms. The zero-order valence-electron chi connectivity index (χ0n) is 17.1. The van der Waals surface area contributed by atoms with Gasteiger partial charge in [-0.1, -0.05) is 12.2 Å². The Bertz CT molecular complexity index is 1180. The average molecular weight is 416 g/mol. The Balaban J connectivity index is 1.31. The summed E-state index contributed by atoms with van der Waals surface area (Å²) < 4.78 is 2.03. The maximum atomic E-state index is 12.6. The van der Waals surface area contributed by atoms with Crippen LogP contribution in [0.25, 0.3) is 11.0 Å². The number of fused-ring (bicyclic) bond motifs is 5. The Morgan fingerprint density at radius 3 is 2.84 bits per heavy atom. The SMILES string of the molecule is C=C1CC[C@@H]2NC(=O)c3cc4cnc(Nc5ccc(N6CCNCC6)cn5)nc4n3[C@@H]12. The van der Waals surface area contributed by atoms with Gasteiger partial charge in [0, 0.05) is 37.8 Å². The van der Waals surface area contributed by atoms with Crippen molar-refractivity contribution in [2.45, 2.75) is 24.9 Å². The van der Waals surface area contributed by atoms with E-state index in [1.807, 2.05) is 22.9 Å². The Hall–Kier alpha value is -3.46. The second-order valence-electron chi connectivity index (χ2n) is 8.36. The summed E-state index contributed by atoms with van der Waals surface area (Å²) >= 11 is 0. The normalized spacial score (nSPS) is 22.9. The van der Waals surface area contributed by atoms with Gasteiger partial charge in [0.2, 0.25) is 5.95 Å². The number of rotatable bonds is 3. The predicted octanol–water partition coefficient (Wildman–Crippen LogP) is 1.98. The van der Waals surface area contributed by atoms with E-state index in [0.29, 0.717) is 17.5 Å². The Kier molecular flexibility index (Phi) is 4.17. The van der Waals surface area contributed by atoms with Crippen LogP contribution in [0.5, 0.6) is 0 Å². The van der Waals surface area contributed by atoms with Crippen LogP contribution in [-0.4, -0.2) is 57.6 Å². The number of carbonyl (C=O) groups is 1. The molecule has 158 valence electrons. The zero-order chi connectivity index (χ0) is 20.9. The number of amides is 1. The molecule has 1 amide bonds. The minimum atomic E-state index is -0.0615. The Morgan fingerprint density at radius 1 is 1.16 bits per heavy atom. The summed E-state index contributed by atoms with van der Waals surface area (Å²) in [6.07, 6.45) is 5.45. The molecule has 6 rings (SSSR count). The summed E-state index contributed by atoms with van der Waals surface area (Å²) in [5, 5.41) is 10.5. The Morgan fingerprint density at radius 2 is 2.03 bits per heavy atom. The summed E-state index contributed by atoms with van der Waals surface area (Å²) in [6.45, 7) is 8.17. The van der Waals surface area contributed by atoms with E-state index >= 15 is 0 Å². The second kappa shape index (κ2) is 7.05. The van der Waals surface area contributed by atoms with Crippen molar-refractivity contribution < 1.29 is 4.79 Å². The van der Waals surface area contributed by atoms with Crippen molar-refractivity contribution in [1.82, 2.24) is 30.2 Å². The highest BCUT2D eigenvalue weighted by molar-refractivity contribution is 5.99. The van der Waals surface area contributed by atoms with Crippen LogP contribution in [-0.2, 0) is 0 Å². The minimum Gasteiger partial charge on any atom is -0.368 e. The molecule has 1 saturated carbocycles. The molecule has 1 aliphatic carbocycles. The molecule has 0 radical (unpaired) electrons. The molecule has 3 aromatic rings. The highest BCUT2D eigenvalue weighted by Crippen LogP contribution is 2.40. The first-order valence-electron chi connectivity index (χ1n) is 10.7. The van der Waals surface area contributed by atoms with Crippen molar-refractivity contribution in [2.24, 2.45) is 0 Å². The molecule has 31 heavy (non-hydrogen) atoms. The highest BCUT2D eigenvalue weighted by Gasteiger charge is 2.40. The lowest BCUT2D eigenvalue weighted by Gasteiger charge is -2.30. The second-order valence-corrected chi connectivity index (χ2v) is 8.36. The number of nitrogens with one attached hydrogen (secondary N) is 3. The number of aromatic nitrogens is 4. The zero-order valence-corrected chi connectivity index (χ0v) is 17.1. The predicted molar refractivity (Wildman–Crippen MR) is 119 cm³/mol. The standard InChI is InChI=1S/C22H24N8O/c1-13-2-4-16-19(13)30-17(21(31)26-16)10-14-11-25-22(28-20(14)30)27-18-5-3-15(12-24-18)29-8-6-23-7-9-29/h3,5,10-12,16,19,23H,1-2,4,6-9H2,(H,26,31)(H,24,25,27,28)/t16-,19-/m0/s1. The lowest BCUT2D eigenvalue weighted by atomic mass is 10.1. The van der Waals surface area contributed by atoms with Crippen LogP contribution < -0.4 is 20.9 Å². The van der Waals surface area contributed by atoms with Gasteiger partial charge in [-0.15, -0.1) is 0 Å². The molecule has 3 N–H and O–H groups in total. The summed E-state index contributed by atoms with van der Waals surface area (Å²) in [4.78, 5) is 28.6. The van der Waals surface area contributed by atoms with Crippen molar-refractivity contribution in [2.75, 3.05) is 36.4 Å². The first kappa shape index (κ1) is 18.3. The molecule has 2 aliphatic heterocycles. The van der Waals surface area contributed by atoms with Crippen LogP contribution >= 0.6 is 0 Å². The molecule has 5 heterocycles. The van der Waals surface area contributed by atoms with Crippen LogP contribution in [0.2, 0.25) is 0 Å². The van der Waals surface area contributed by atoms with Gasteiger partial charge >= 0.3 is 0 Å². The summed E-state index contributed by atoms with van der Waals surface area (Å²) in [5.74, 6) is 1.08. The van der Waals surface area contributed by atoms with Crippen molar-refractivity contribution in [3.05, 3.63) is 48.4 Å². The molecule has 3 aliphatic rings. The van der Waals surface area contributed by atoms with E-state index in [1.54, 1.807) is 6.20 Å². The maximum absolute atomic E-state index is 12.6. The third-order valence-electron chi connectivity index (χ3n) is 6.45. The van der Waals surface area contributed by atoms with Gasteiger partial charge in [0.25, 0.3) is 5.91 Å². The van der Waals surface area contributed by atoms with Gasteiger partial charge in [-0.05, 0) is 31.0 Å². The monoisotopic (exact) mass is 416 g/mol. The van der Waals surface area contributed by atoms with Crippen LogP contribution in [0.4, 0.5) is 17.5 Å². The molecule has 3 aromatic heterocycles. The van der Waals surface area contributed by atoms with E-state index in [2.05, 4.69) is 43.5 Å². The van der Waals surface area contributed by atoms with Crippen LogP contribution in [0.1, 0.15) is 29.4 Å². The number of carbonyl (C=O) groups excluding carboxylic acids is 1. The molecule has 9 nitrogen and oxygen atoms in total. The van der Waals surface area contributed by atoms with Crippen molar-refractivity contribution >= 4 is 34.4 Å². The summed E-state index contributed by atoms with van der Waals surface area (Å²) in [5.41, 5.74) is 3.60. The van der Waals surface area contributed by atoms with Crippen LogP contribution in [0, 0.1) is 0 Å². The molecule has 0 unspecified atom stereocenters. The van der Waals surface area contributed by atoms with Gasteiger partial charge in [0.05, 0.1) is 24.0 Å². The van der Waals surface area contributed by atoms with E-state index in [9.17, 15) is 4.79 Å². The smallest absolute Gasteiger partial charge is 0.268 e. The lowest BCUT2D eigenvalue weighted by Crippen LogP contribution is -2.45. The number of piperazine rings is 1. The largest absolute Gasteiger partial charge is 0.368 e. The fourth-order valence-corrected chi connectivity index (χ4v) is 4.90. The fourth-order valence-electron chi connectivity index (χ4n) is 4.90. The Labute approximate surface area is 179 Å². The van der Waals surface area contributed by atoms with Crippen molar-refractivity contribution in [3.8, 4) is 0 Å². The van der Waals surface area contributed by atoms with Gasteiger partial charge in [0.1, 0.15) is 17.2 Å². The third-order valence-corrected chi connectivity index (χ3v) is 6.45. The topological polar surface area (TPSA) is 100 Å². The lowest BCUT2D eigenvalue weighted by molar-refractivity contribution is 0.0896. The molecule has 0 aromatic carbocycles. The number of anilines is 3.